The van der Waals surface area contributed by atoms with Crippen LogP contribution in [0.1, 0.15) is 16.1 Å². The molecule has 5 rings (SSSR count). The lowest BCUT2D eigenvalue weighted by Crippen LogP contribution is -2.01. The van der Waals surface area contributed by atoms with Crippen molar-refractivity contribution < 1.29 is 4.79 Å². The SMILES string of the molecule is O=C(c1cccc(-c2c[nH]c3ccccc23)c1)c1cc2ccccc2[nH]1. The van der Waals surface area contributed by atoms with Gasteiger partial charge in [-0.3, -0.25) is 4.79 Å². The number of carbonyl (C=O) groups excluding carboxylic acids is 1. The highest BCUT2D eigenvalue weighted by molar-refractivity contribution is 6.11. The first kappa shape index (κ1) is 14.7. The number of fused-ring (bicyclic) bond motifs is 2. The number of ketones is 1. The number of hydrogen-bond donors (Lipinski definition) is 2. The van der Waals surface area contributed by atoms with Crippen LogP contribution in [-0.4, -0.2) is 15.8 Å². The minimum absolute atomic E-state index is 0.00268. The smallest absolute Gasteiger partial charge is 0.209 e. The van der Waals surface area contributed by atoms with Crippen LogP contribution in [0.5, 0.6) is 0 Å². The summed E-state index contributed by atoms with van der Waals surface area (Å²) in [4.78, 5) is 19.5. The van der Waals surface area contributed by atoms with Crippen molar-refractivity contribution in [3.63, 3.8) is 0 Å². The maximum atomic E-state index is 13.0. The minimum Gasteiger partial charge on any atom is -0.361 e. The van der Waals surface area contributed by atoms with E-state index in [1.807, 2.05) is 72.9 Å². The van der Waals surface area contributed by atoms with E-state index in [2.05, 4.69) is 22.1 Å². The fraction of sp³-hybridized carbons (Fsp3) is 0. The van der Waals surface area contributed by atoms with Crippen LogP contribution in [0.15, 0.2) is 85.1 Å². The first-order valence-electron chi connectivity index (χ1n) is 8.58. The molecule has 0 aliphatic rings. The van der Waals surface area contributed by atoms with E-state index in [1.54, 1.807) is 0 Å². The van der Waals surface area contributed by atoms with Gasteiger partial charge < -0.3 is 9.97 Å². The Morgan fingerprint density at radius 3 is 2.46 bits per heavy atom. The zero-order valence-corrected chi connectivity index (χ0v) is 14.0. The predicted molar refractivity (Wildman–Crippen MR) is 105 cm³/mol. The summed E-state index contributed by atoms with van der Waals surface area (Å²) in [6, 6.07) is 25.8. The van der Waals surface area contributed by atoms with Gasteiger partial charge in [0, 0.05) is 39.1 Å². The van der Waals surface area contributed by atoms with Crippen molar-refractivity contribution in [3.05, 3.63) is 96.3 Å². The number of hydrogen-bond acceptors (Lipinski definition) is 1. The lowest BCUT2D eigenvalue weighted by molar-refractivity contribution is 0.103. The van der Waals surface area contributed by atoms with Crippen LogP contribution in [-0.2, 0) is 0 Å². The van der Waals surface area contributed by atoms with E-state index in [9.17, 15) is 4.79 Å². The summed E-state index contributed by atoms with van der Waals surface area (Å²) in [5.41, 5.74) is 5.50. The Morgan fingerprint density at radius 1 is 0.769 bits per heavy atom. The molecule has 3 heteroatoms. The molecule has 26 heavy (non-hydrogen) atoms. The Morgan fingerprint density at radius 2 is 1.58 bits per heavy atom. The largest absolute Gasteiger partial charge is 0.361 e. The zero-order valence-electron chi connectivity index (χ0n) is 14.0. The van der Waals surface area contributed by atoms with Gasteiger partial charge in [0.25, 0.3) is 0 Å². The Bertz CT molecular complexity index is 1230. The van der Waals surface area contributed by atoms with Crippen molar-refractivity contribution in [2.45, 2.75) is 0 Å². The second-order valence-corrected chi connectivity index (χ2v) is 6.43. The number of carbonyl (C=O) groups is 1. The first-order chi connectivity index (χ1) is 12.8. The van der Waals surface area contributed by atoms with E-state index in [0.29, 0.717) is 11.3 Å². The van der Waals surface area contributed by atoms with Crippen LogP contribution in [0.4, 0.5) is 0 Å². The molecule has 3 nitrogen and oxygen atoms in total. The van der Waals surface area contributed by atoms with Gasteiger partial charge in [-0.15, -0.1) is 0 Å². The molecule has 2 heterocycles. The van der Waals surface area contributed by atoms with E-state index in [4.69, 9.17) is 0 Å². The molecule has 124 valence electrons. The molecule has 0 fully saturated rings. The average molecular weight is 336 g/mol. The zero-order chi connectivity index (χ0) is 17.5. The highest BCUT2D eigenvalue weighted by Crippen LogP contribution is 2.29. The summed E-state index contributed by atoms with van der Waals surface area (Å²) >= 11 is 0. The van der Waals surface area contributed by atoms with Crippen molar-refractivity contribution in [3.8, 4) is 11.1 Å². The standard InChI is InChI=1S/C23H16N2O/c26-23(22-13-16-6-1-3-10-20(16)25-22)17-8-5-7-15(12-17)19-14-24-21-11-4-2-9-18(19)21/h1-14,24-25H. The van der Waals surface area contributed by atoms with Gasteiger partial charge in [-0.1, -0.05) is 54.6 Å². The van der Waals surface area contributed by atoms with Gasteiger partial charge in [0.15, 0.2) is 0 Å². The third-order valence-corrected chi connectivity index (χ3v) is 4.80. The van der Waals surface area contributed by atoms with Gasteiger partial charge >= 0.3 is 0 Å². The topological polar surface area (TPSA) is 48.6 Å². The minimum atomic E-state index is 0.00268. The fourth-order valence-corrected chi connectivity index (χ4v) is 3.49. The lowest BCUT2D eigenvalue weighted by Gasteiger charge is -2.04. The van der Waals surface area contributed by atoms with Gasteiger partial charge in [0.05, 0.1) is 5.69 Å². The number of nitrogens with one attached hydrogen (secondary N) is 2. The van der Waals surface area contributed by atoms with Crippen molar-refractivity contribution >= 4 is 27.6 Å². The highest BCUT2D eigenvalue weighted by Gasteiger charge is 2.14. The maximum Gasteiger partial charge on any atom is 0.209 e. The third-order valence-electron chi connectivity index (χ3n) is 4.80. The van der Waals surface area contributed by atoms with Crippen molar-refractivity contribution in [1.82, 2.24) is 9.97 Å². The monoisotopic (exact) mass is 336 g/mol. The van der Waals surface area contributed by atoms with Gasteiger partial charge in [0.2, 0.25) is 5.78 Å². The van der Waals surface area contributed by atoms with Crippen molar-refractivity contribution in [2.75, 3.05) is 0 Å². The van der Waals surface area contributed by atoms with E-state index in [1.165, 1.54) is 0 Å². The molecule has 0 aliphatic carbocycles. The Hall–Kier alpha value is -3.59. The van der Waals surface area contributed by atoms with E-state index in [0.717, 1.165) is 32.9 Å². The molecule has 0 amide bonds. The molecule has 0 saturated carbocycles. The molecule has 0 saturated heterocycles. The molecule has 0 radical (unpaired) electrons. The lowest BCUT2D eigenvalue weighted by atomic mass is 10.00. The van der Waals surface area contributed by atoms with Crippen LogP contribution >= 0.6 is 0 Å². The third kappa shape index (κ3) is 2.33. The molecular weight excluding hydrogens is 320 g/mol. The number of benzene rings is 3. The quantitative estimate of drug-likeness (QED) is 0.417. The fourth-order valence-electron chi connectivity index (χ4n) is 3.49. The van der Waals surface area contributed by atoms with Crippen LogP contribution in [0, 0.1) is 0 Å². The van der Waals surface area contributed by atoms with Gasteiger partial charge in [-0.25, -0.2) is 0 Å². The second-order valence-electron chi connectivity index (χ2n) is 6.43. The Balaban J connectivity index is 1.58. The molecule has 0 atom stereocenters. The summed E-state index contributed by atoms with van der Waals surface area (Å²) < 4.78 is 0. The van der Waals surface area contributed by atoms with E-state index >= 15 is 0 Å². The summed E-state index contributed by atoms with van der Waals surface area (Å²) in [5, 5.41) is 2.20. The van der Waals surface area contributed by atoms with Gasteiger partial charge in [-0.05, 0) is 29.8 Å². The molecule has 0 unspecified atom stereocenters. The molecule has 0 aliphatic heterocycles. The Kier molecular flexibility index (Phi) is 3.25. The number of rotatable bonds is 3. The molecule has 3 aromatic carbocycles. The number of aromatic nitrogens is 2. The molecule has 5 aromatic rings. The molecule has 2 aromatic heterocycles. The van der Waals surface area contributed by atoms with Crippen LogP contribution in [0.3, 0.4) is 0 Å². The molecule has 0 bridgehead atoms. The number of para-hydroxylation sites is 2. The van der Waals surface area contributed by atoms with Crippen molar-refractivity contribution in [2.24, 2.45) is 0 Å². The van der Waals surface area contributed by atoms with Gasteiger partial charge in [0.1, 0.15) is 0 Å². The number of aromatic amines is 2. The normalized spacial score (nSPS) is 11.2. The summed E-state index contributed by atoms with van der Waals surface area (Å²) in [6.45, 7) is 0. The van der Waals surface area contributed by atoms with E-state index < -0.39 is 0 Å². The van der Waals surface area contributed by atoms with Crippen molar-refractivity contribution in [1.29, 1.82) is 0 Å². The van der Waals surface area contributed by atoms with Crippen LogP contribution < -0.4 is 0 Å². The summed E-state index contributed by atoms with van der Waals surface area (Å²) in [5.74, 6) is 0.00268. The Labute approximate surface area is 150 Å². The van der Waals surface area contributed by atoms with Gasteiger partial charge in [-0.2, -0.15) is 0 Å². The molecule has 0 spiro atoms. The highest BCUT2D eigenvalue weighted by atomic mass is 16.1. The van der Waals surface area contributed by atoms with Crippen LogP contribution in [0.25, 0.3) is 32.9 Å². The summed E-state index contributed by atoms with van der Waals surface area (Å²) in [7, 11) is 0. The van der Waals surface area contributed by atoms with Crippen LogP contribution in [0.2, 0.25) is 0 Å². The molecular formula is C23H16N2O. The van der Waals surface area contributed by atoms with E-state index in [-0.39, 0.29) is 5.78 Å². The predicted octanol–water partition coefficient (Wildman–Crippen LogP) is 5.55. The first-order valence-corrected chi connectivity index (χ1v) is 8.58. The molecule has 2 N–H and O–H groups in total. The second kappa shape index (κ2) is 5.74. The number of H-pyrrole nitrogens is 2. The summed E-state index contributed by atoms with van der Waals surface area (Å²) in [6.07, 6.45) is 2.00. The maximum absolute atomic E-state index is 13.0. The average Bonchev–Trinajstić information content (AvgIpc) is 3.31.